The van der Waals surface area contributed by atoms with Gasteiger partial charge in [0.15, 0.2) is 23.6 Å². The van der Waals surface area contributed by atoms with Crippen LogP contribution in [0.15, 0.2) is 18.2 Å². The molecule has 0 radical (unpaired) electrons. The molecule has 1 aromatic carbocycles. The van der Waals surface area contributed by atoms with Gasteiger partial charge in [-0.3, -0.25) is 9.78 Å². The number of alkyl halides is 1. The minimum Gasteiger partial charge on any atom is -0.270 e. The molecule has 1 aliphatic rings. The molecule has 2 heterocycles. The Kier molecular flexibility index (Phi) is 2.51. The van der Waals surface area contributed by atoms with E-state index in [0.717, 1.165) is 12.1 Å². The Morgan fingerprint density at radius 2 is 2.11 bits per heavy atom. The number of nitrogens with zero attached hydrogens (tertiary/aromatic N) is 2. The summed E-state index contributed by atoms with van der Waals surface area (Å²) in [6, 6.07) is 3.09. The summed E-state index contributed by atoms with van der Waals surface area (Å²) in [4.78, 5) is 3.87. The SMILES string of the molecule is Fc1ccc([C@@H]2C[C@H](F)c3nc(=S)[nH]n32)cc1F. The van der Waals surface area contributed by atoms with Gasteiger partial charge < -0.3 is 0 Å². The molecule has 18 heavy (non-hydrogen) atoms. The van der Waals surface area contributed by atoms with Crippen molar-refractivity contribution in [2.45, 2.75) is 18.6 Å². The summed E-state index contributed by atoms with van der Waals surface area (Å²) in [6.45, 7) is 0. The average Bonchev–Trinajstić information content (AvgIpc) is 2.83. The topological polar surface area (TPSA) is 33.6 Å². The number of H-pyrrole nitrogens is 1. The number of rotatable bonds is 1. The van der Waals surface area contributed by atoms with Gasteiger partial charge in [0.2, 0.25) is 4.77 Å². The fourth-order valence-corrected chi connectivity index (χ4v) is 2.41. The van der Waals surface area contributed by atoms with Gasteiger partial charge in [0, 0.05) is 6.42 Å². The number of halogens is 3. The lowest BCUT2D eigenvalue weighted by molar-refractivity contribution is 0.328. The second kappa shape index (κ2) is 3.94. The minimum atomic E-state index is -1.25. The van der Waals surface area contributed by atoms with Crippen molar-refractivity contribution in [1.29, 1.82) is 0 Å². The lowest BCUT2D eigenvalue weighted by atomic mass is 10.0. The van der Waals surface area contributed by atoms with Crippen LogP contribution in [0.1, 0.15) is 30.0 Å². The maximum atomic E-state index is 13.7. The van der Waals surface area contributed by atoms with Gasteiger partial charge in [-0.1, -0.05) is 6.07 Å². The van der Waals surface area contributed by atoms with E-state index in [1.165, 1.54) is 10.7 Å². The number of fused-ring (bicyclic) bond motifs is 1. The quantitative estimate of drug-likeness (QED) is 0.808. The van der Waals surface area contributed by atoms with E-state index in [1.807, 2.05) is 0 Å². The molecular formula is C11H8F3N3S. The van der Waals surface area contributed by atoms with Crippen LogP contribution < -0.4 is 0 Å². The van der Waals surface area contributed by atoms with E-state index in [0.29, 0.717) is 5.56 Å². The van der Waals surface area contributed by atoms with Crippen molar-refractivity contribution in [2.24, 2.45) is 0 Å². The number of aromatic amines is 1. The lowest BCUT2D eigenvalue weighted by Gasteiger charge is -2.12. The zero-order valence-electron chi connectivity index (χ0n) is 9.03. The molecule has 0 saturated carbocycles. The standard InChI is InChI=1S/C11H8F3N3S/c12-6-2-1-5(3-7(6)13)9-4-8(14)10-15-11(18)16-17(9)10/h1-3,8-9H,4H2,(H,16,18)/t8-,9-/m0/s1. The van der Waals surface area contributed by atoms with Crippen molar-refractivity contribution in [3.05, 3.63) is 46.0 Å². The van der Waals surface area contributed by atoms with Gasteiger partial charge in [-0.05, 0) is 29.9 Å². The monoisotopic (exact) mass is 271 g/mol. The van der Waals surface area contributed by atoms with Crippen LogP contribution in [0.2, 0.25) is 0 Å². The smallest absolute Gasteiger partial charge is 0.213 e. The fourth-order valence-electron chi connectivity index (χ4n) is 2.21. The Bertz CT molecular complexity index is 664. The predicted molar refractivity (Wildman–Crippen MR) is 60.4 cm³/mol. The Morgan fingerprint density at radius 1 is 1.33 bits per heavy atom. The number of aromatic nitrogens is 3. The normalized spacial score (nSPS) is 22.2. The molecule has 3 nitrogen and oxygen atoms in total. The van der Waals surface area contributed by atoms with Crippen molar-refractivity contribution in [3.63, 3.8) is 0 Å². The highest BCUT2D eigenvalue weighted by atomic mass is 32.1. The van der Waals surface area contributed by atoms with E-state index in [4.69, 9.17) is 12.2 Å². The Labute approximate surface area is 105 Å². The summed E-state index contributed by atoms with van der Waals surface area (Å²) in [5.41, 5.74) is 0.485. The van der Waals surface area contributed by atoms with E-state index >= 15 is 0 Å². The van der Waals surface area contributed by atoms with Gasteiger partial charge in [0.1, 0.15) is 0 Å². The third-order valence-corrected chi connectivity index (χ3v) is 3.21. The molecule has 1 N–H and O–H groups in total. The van der Waals surface area contributed by atoms with E-state index in [1.54, 1.807) is 0 Å². The van der Waals surface area contributed by atoms with Gasteiger partial charge in [-0.15, -0.1) is 0 Å². The first-order valence-corrected chi connectivity index (χ1v) is 5.74. The van der Waals surface area contributed by atoms with Crippen molar-refractivity contribution in [1.82, 2.24) is 14.8 Å². The summed E-state index contributed by atoms with van der Waals surface area (Å²) < 4.78 is 41.4. The van der Waals surface area contributed by atoms with E-state index in [2.05, 4.69) is 10.1 Å². The molecule has 7 heteroatoms. The molecule has 1 aliphatic heterocycles. The lowest BCUT2D eigenvalue weighted by Crippen LogP contribution is -2.08. The first kappa shape index (κ1) is 11.5. The van der Waals surface area contributed by atoms with Crippen LogP contribution in [0.3, 0.4) is 0 Å². The van der Waals surface area contributed by atoms with E-state index in [-0.39, 0.29) is 17.0 Å². The van der Waals surface area contributed by atoms with E-state index in [9.17, 15) is 13.2 Å². The molecule has 1 aromatic heterocycles. The van der Waals surface area contributed by atoms with Gasteiger partial charge in [-0.25, -0.2) is 18.2 Å². The highest BCUT2D eigenvalue weighted by molar-refractivity contribution is 7.71. The molecule has 0 bridgehead atoms. The van der Waals surface area contributed by atoms with Crippen LogP contribution in [-0.2, 0) is 0 Å². The van der Waals surface area contributed by atoms with Crippen LogP contribution in [-0.4, -0.2) is 14.8 Å². The molecule has 2 aromatic rings. The second-order valence-electron chi connectivity index (χ2n) is 4.15. The molecule has 2 atom stereocenters. The molecule has 0 unspecified atom stereocenters. The number of nitrogens with one attached hydrogen (secondary N) is 1. The molecule has 0 spiro atoms. The van der Waals surface area contributed by atoms with Gasteiger partial charge in [0.25, 0.3) is 0 Å². The molecule has 0 amide bonds. The summed E-state index contributed by atoms with van der Waals surface area (Å²) in [6.07, 6.45) is -1.12. The van der Waals surface area contributed by atoms with Gasteiger partial charge in [-0.2, -0.15) is 0 Å². The van der Waals surface area contributed by atoms with Gasteiger partial charge >= 0.3 is 0 Å². The highest BCUT2D eigenvalue weighted by Gasteiger charge is 2.34. The van der Waals surface area contributed by atoms with Crippen LogP contribution in [0.25, 0.3) is 0 Å². The summed E-state index contributed by atoms with van der Waals surface area (Å²) in [5.74, 6) is -1.67. The summed E-state index contributed by atoms with van der Waals surface area (Å²) in [5, 5.41) is 2.73. The Hall–Kier alpha value is -1.63. The third kappa shape index (κ3) is 1.66. The summed E-state index contributed by atoms with van der Waals surface area (Å²) in [7, 11) is 0. The molecule has 0 aliphatic carbocycles. The number of hydrogen-bond donors (Lipinski definition) is 1. The highest BCUT2D eigenvalue weighted by Crippen LogP contribution is 2.39. The molecule has 3 rings (SSSR count). The van der Waals surface area contributed by atoms with Gasteiger partial charge in [0.05, 0.1) is 6.04 Å². The largest absolute Gasteiger partial charge is 0.270 e. The molecule has 0 saturated heterocycles. The first-order valence-electron chi connectivity index (χ1n) is 5.33. The van der Waals surface area contributed by atoms with Crippen LogP contribution in [0.4, 0.5) is 13.2 Å². The van der Waals surface area contributed by atoms with Crippen molar-refractivity contribution in [3.8, 4) is 0 Å². The molecule has 94 valence electrons. The number of benzene rings is 1. The van der Waals surface area contributed by atoms with Crippen molar-refractivity contribution in [2.75, 3.05) is 0 Å². The first-order chi connectivity index (χ1) is 8.56. The van der Waals surface area contributed by atoms with Crippen molar-refractivity contribution < 1.29 is 13.2 Å². The third-order valence-electron chi connectivity index (χ3n) is 3.03. The maximum absolute atomic E-state index is 13.7. The average molecular weight is 271 g/mol. The fraction of sp³-hybridized carbons (Fsp3) is 0.273. The number of hydrogen-bond acceptors (Lipinski definition) is 2. The minimum absolute atomic E-state index is 0.138. The Morgan fingerprint density at radius 3 is 2.83 bits per heavy atom. The molecule has 0 fully saturated rings. The summed E-state index contributed by atoms with van der Waals surface area (Å²) >= 11 is 4.83. The zero-order chi connectivity index (χ0) is 12.9. The Balaban J connectivity index is 2.08. The zero-order valence-corrected chi connectivity index (χ0v) is 9.85. The molecular weight excluding hydrogens is 263 g/mol. The predicted octanol–water partition coefficient (Wildman–Crippen LogP) is 3.22. The maximum Gasteiger partial charge on any atom is 0.213 e. The second-order valence-corrected chi connectivity index (χ2v) is 4.54. The van der Waals surface area contributed by atoms with Crippen LogP contribution >= 0.6 is 12.2 Å². The van der Waals surface area contributed by atoms with E-state index < -0.39 is 23.8 Å². The van der Waals surface area contributed by atoms with Crippen LogP contribution in [0, 0.1) is 16.4 Å². The van der Waals surface area contributed by atoms with Crippen molar-refractivity contribution >= 4 is 12.2 Å². The van der Waals surface area contributed by atoms with Crippen LogP contribution in [0.5, 0.6) is 0 Å².